The molecular formula is C15H28N2O3. The van der Waals surface area contributed by atoms with Crippen molar-refractivity contribution in [2.75, 3.05) is 6.54 Å². The van der Waals surface area contributed by atoms with E-state index in [2.05, 4.69) is 17.6 Å². The summed E-state index contributed by atoms with van der Waals surface area (Å²) in [4.78, 5) is 22.6. The van der Waals surface area contributed by atoms with Crippen LogP contribution in [0.25, 0.3) is 0 Å². The van der Waals surface area contributed by atoms with Crippen LogP contribution in [-0.2, 0) is 4.79 Å². The highest BCUT2D eigenvalue weighted by Crippen LogP contribution is 2.27. The van der Waals surface area contributed by atoms with Gasteiger partial charge in [-0.25, -0.2) is 4.79 Å². The third-order valence-corrected chi connectivity index (χ3v) is 4.11. The minimum atomic E-state index is -0.884. The molecule has 0 heterocycles. The van der Waals surface area contributed by atoms with Crippen LogP contribution in [0, 0.1) is 17.8 Å². The zero-order valence-corrected chi connectivity index (χ0v) is 12.8. The van der Waals surface area contributed by atoms with Crippen molar-refractivity contribution in [3.63, 3.8) is 0 Å². The highest BCUT2D eigenvalue weighted by molar-refractivity contribution is 5.75. The van der Waals surface area contributed by atoms with Gasteiger partial charge in [-0.1, -0.05) is 33.6 Å². The monoisotopic (exact) mass is 284 g/mol. The maximum Gasteiger partial charge on any atom is 0.315 e. The number of carboxylic acids is 1. The maximum atomic E-state index is 11.8. The van der Waals surface area contributed by atoms with E-state index in [0.29, 0.717) is 12.5 Å². The van der Waals surface area contributed by atoms with Gasteiger partial charge >= 0.3 is 12.0 Å². The van der Waals surface area contributed by atoms with Crippen LogP contribution < -0.4 is 10.6 Å². The van der Waals surface area contributed by atoms with E-state index in [1.165, 1.54) is 25.7 Å². The topological polar surface area (TPSA) is 78.4 Å². The van der Waals surface area contributed by atoms with Gasteiger partial charge in [-0.15, -0.1) is 0 Å². The van der Waals surface area contributed by atoms with Crippen molar-refractivity contribution in [2.24, 2.45) is 17.8 Å². The molecule has 5 heteroatoms. The average Bonchev–Trinajstić information content (AvgIpc) is 2.35. The van der Waals surface area contributed by atoms with E-state index in [1.807, 2.05) is 13.8 Å². The molecule has 0 aliphatic heterocycles. The van der Waals surface area contributed by atoms with Crippen LogP contribution in [0.4, 0.5) is 4.79 Å². The van der Waals surface area contributed by atoms with E-state index < -0.39 is 5.97 Å². The molecule has 1 rings (SSSR count). The highest BCUT2D eigenvalue weighted by atomic mass is 16.4. The molecule has 2 amide bonds. The highest BCUT2D eigenvalue weighted by Gasteiger charge is 2.21. The molecule has 3 atom stereocenters. The lowest BCUT2D eigenvalue weighted by Crippen LogP contribution is -2.46. The largest absolute Gasteiger partial charge is 0.481 e. The Balaban J connectivity index is 2.32. The molecule has 0 aromatic rings. The summed E-state index contributed by atoms with van der Waals surface area (Å²) in [5.41, 5.74) is 0. The summed E-state index contributed by atoms with van der Waals surface area (Å²) in [6.07, 6.45) is 4.83. The van der Waals surface area contributed by atoms with Gasteiger partial charge in [0.25, 0.3) is 0 Å². The molecule has 20 heavy (non-hydrogen) atoms. The van der Waals surface area contributed by atoms with Gasteiger partial charge in [-0.3, -0.25) is 4.79 Å². The predicted octanol–water partition coefficient (Wildman–Crippen LogP) is 2.61. The molecule has 0 bridgehead atoms. The molecule has 1 saturated carbocycles. The van der Waals surface area contributed by atoms with Gasteiger partial charge < -0.3 is 15.7 Å². The minimum absolute atomic E-state index is 0.0362. The molecule has 3 N–H and O–H groups in total. The molecular weight excluding hydrogens is 256 g/mol. The lowest BCUT2D eigenvalue weighted by Gasteiger charge is -2.27. The first kappa shape index (κ1) is 16.8. The Bertz CT molecular complexity index is 331. The normalized spacial score (nSPS) is 24.2. The Morgan fingerprint density at radius 3 is 2.55 bits per heavy atom. The molecule has 0 spiro atoms. The Kier molecular flexibility index (Phi) is 6.82. The van der Waals surface area contributed by atoms with E-state index in [9.17, 15) is 9.59 Å². The number of carboxylic acid groups (broad SMARTS) is 1. The van der Waals surface area contributed by atoms with Gasteiger partial charge in [0.15, 0.2) is 0 Å². The maximum absolute atomic E-state index is 11.8. The molecule has 0 saturated heterocycles. The van der Waals surface area contributed by atoms with E-state index >= 15 is 0 Å². The molecule has 0 aromatic carbocycles. The van der Waals surface area contributed by atoms with Gasteiger partial charge in [0.1, 0.15) is 0 Å². The standard InChI is InChI=1S/C15H28N2O3/c1-10(2)13(8-14(18)19)17-15(20)16-9-12-6-4-5-11(3)7-12/h10-13H,4-9H2,1-3H3,(H,18,19)(H2,16,17,20). The van der Waals surface area contributed by atoms with Gasteiger partial charge in [0.2, 0.25) is 0 Å². The summed E-state index contributed by atoms with van der Waals surface area (Å²) >= 11 is 0. The van der Waals surface area contributed by atoms with Crippen molar-refractivity contribution in [1.29, 1.82) is 0 Å². The van der Waals surface area contributed by atoms with Crippen molar-refractivity contribution >= 4 is 12.0 Å². The number of carbonyl (C=O) groups excluding carboxylic acids is 1. The number of carbonyl (C=O) groups is 2. The van der Waals surface area contributed by atoms with Crippen molar-refractivity contribution in [2.45, 2.75) is 58.9 Å². The predicted molar refractivity (Wildman–Crippen MR) is 78.5 cm³/mol. The minimum Gasteiger partial charge on any atom is -0.481 e. The number of hydrogen-bond acceptors (Lipinski definition) is 2. The number of amides is 2. The Labute approximate surface area is 121 Å². The van der Waals surface area contributed by atoms with Gasteiger partial charge in [-0.2, -0.15) is 0 Å². The Morgan fingerprint density at radius 1 is 1.30 bits per heavy atom. The number of aliphatic carboxylic acids is 1. The van der Waals surface area contributed by atoms with Crippen LogP contribution in [0.2, 0.25) is 0 Å². The molecule has 1 fully saturated rings. The summed E-state index contributed by atoms with van der Waals surface area (Å²) in [5, 5.41) is 14.5. The van der Waals surface area contributed by atoms with E-state index in [4.69, 9.17) is 5.11 Å². The quantitative estimate of drug-likeness (QED) is 0.701. The second-order valence-electron chi connectivity index (χ2n) is 6.44. The summed E-state index contributed by atoms with van der Waals surface area (Å²) in [6.45, 7) is 6.77. The van der Waals surface area contributed by atoms with Gasteiger partial charge in [-0.05, 0) is 30.6 Å². The van der Waals surface area contributed by atoms with Gasteiger partial charge in [0, 0.05) is 12.6 Å². The van der Waals surface area contributed by atoms with Crippen LogP contribution in [0.15, 0.2) is 0 Å². The molecule has 1 aliphatic rings. The van der Waals surface area contributed by atoms with Crippen molar-refractivity contribution in [1.82, 2.24) is 10.6 Å². The van der Waals surface area contributed by atoms with Crippen LogP contribution >= 0.6 is 0 Å². The second-order valence-corrected chi connectivity index (χ2v) is 6.44. The SMILES string of the molecule is CC1CCCC(CNC(=O)NC(CC(=O)O)C(C)C)C1. The molecule has 5 nitrogen and oxygen atoms in total. The Morgan fingerprint density at radius 2 is 2.00 bits per heavy atom. The number of hydrogen-bond donors (Lipinski definition) is 3. The Hall–Kier alpha value is -1.26. The van der Waals surface area contributed by atoms with Crippen molar-refractivity contribution in [3.05, 3.63) is 0 Å². The van der Waals surface area contributed by atoms with Crippen LogP contribution in [-0.4, -0.2) is 29.7 Å². The third kappa shape index (κ3) is 6.26. The lowest BCUT2D eigenvalue weighted by molar-refractivity contribution is -0.137. The fourth-order valence-electron chi connectivity index (χ4n) is 2.84. The summed E-state index contributed by atoms with van der Waals surface area (Å²) in [7, 11) is 0. The summed E-state index contributed by atoms with van der Waals surface area (Å²) in [6, 6.07) is -0.569. The van der Waals surface area contributed by atoms with Crippen LogP contribution in [0.5, 0.6) is 0 Å². The first-order valence-electron chi connectivity index (χ1n) is 7.64. The molecule has 0 aromatic heterocycles. The fourth-order valence-corrected chi connectivity index (χ4v) is 2.84. The number of rotatable bonds is 6. The molecule has 1 aliphatic carbocycles. The molecule has 116 valence electrons. The molecule has 0 radical (unpaired) electrons. The second kappa shape index (κ2) is 8.12. The van der Waals surface area contributed by atoms with Crippen molar-refractivity contribution in [3.8, 4) is 0 Å². The van der Waals surface area contributed by atoms with E-state index in [0.717, 1.165) is 5.92 Å². The number of nitrogens with one attached hydrogen (secondary N) is 2. The van der Waals surface area contributed by atoms with Crippen LogP contribution in [0.1, 0.15) is 52.9 Å². The van der Waals surface area contributed by atoms with Crippen molar-refractivity contribution < 1.29 is 14.7 Å². The average molecular weight is 284 g/mol. The first-order chi connectivity index (χ1) is 9.38. The van der Waals surface area contributed by atoms with Gasteiger partial charge in [0.05, 0.1) is 6.42 Å². The summed E-state index contributed by atoms with van der Waals surface area (Å²) in [5.74, 6) is 0.521. The first-order valence-corrected chi connectivity index (χ1v) is 7.64. The summed E-state index contributed by atoms with van der Waals surface area (Å²) < 4.78 is 0. The number of urea groups is 1. The van der Waals surface area contributed by atoms with Crippen LogP contribution in [0.3, 0.4) is 0 Å². The lowest BCUT2D eigenvalue weighted by atomic mass is 9.82. The molecule has 3 unspecified atom stereocenters. The third-order valence-electron chi connectivity index (χ3n) is 4.11. The zero-order chi connectivity index (χ0) is 15.1. The smallest absolute Gasteiger partial charge is 0.315 e. The van der Waals surface area contributed by atoms with E-state index in [-0.39, 0.29) is 24.4 Å². The zero-order valence-electron chi connectivity index (χ0n) is 12.8. The fraction of sp³-hybridized carbons (Fsp3) is 0.867. The van der Waals surface area contributed by atoms with E-state index in [1.54, 1.807) is 0 Å².